The number of pyridine rings is 1. The number of rotatable bonds is 6. The van der Waals surface area contributed by atoms with E-state index in [-0.39, 0.29) is 5.43 Å². The Kier molecular flexibility index (Phi) is 6.23. The van der Waals surface area contributed by atoms with Gasteiger partial charge in [0.1, 0.15) is 0 Å². The minimum atomic E-state index is 0.231. The van der Waals surface area contributed by atoms with E-state index in [1.54, 1.807) is 0 Å². The Balaban J connectivity index is 2.65. The molecular weight excluding hydrogens is 325 g/mol. The molecule has 0 unspecified atom stereocenters. The molecule has 1 aromatic rings. The van der Waals surface area contributed by atoms with E-state index in [0.717, 1.165) is 33.4 Å². The molecule has 1 N–H and O–H groups in total. The fourth-order valence-corrected chi connectivity index (χ4v) is 2.55. The van der Waals surface area contributed by atoms with Gasteiger partial charge in [0.15, 0.2) is 5.43 Å². The molecule has 2 nitrogen and oxygen atoms in total. The van der Waals surface area contributed by atoms with Crippen LogP contribution >= 0.6 is 22.6 Å². The lowest BCUT2D eigenvalue weighted by Crippen LogP contribution is -2.17. The van der Waals surface area contributed by atoms with Crippen LogP contribution in [0, 0.1) is 17.4 Å². The average molecular weight is 347 g/mol. The van der Waals surface area contributed by atoms with E-state index in [1.807, 2.05) is 13.8 Å². The fourth-order valence-electron chi connectivity index (χ4n) is 2.09. The molecule has 0 radical (unpaired) electrons. The number of unbranched alkanes of at least 4 members (excludes halogenated alkanes) is 4. The van der Waals surface area contributed by atoms with Gasteiger partial charge in [-0.3, -0.25) is 4.79 Å². The van der Waals surface area contributed by atoms with Gasteiger partial charge < -0.3 is 4.98 Å². The van der Waals surface area contributed by atoms with Crippen molar-refractivity contribution in [2.75, 3.05) is 0 Å². The van der Waals surface area contributed by atoms with Crippen molar-refractivity contribution in [3.8, 4) is 0 Å². The van der Waals surface area contributed by atoms with Gasteiger partial charge >= 0.3 is 0 Å². The van der Waals surface area contributed by atoms with Crippen molar-refractivity contribution in [3.05, 3.63) is 30.7 Å². The summed E-state index contributed by atoms with van der Waals surface area (Å²) in [5.74, 6) is 0. The third-order valence-electron chi connectivity index (χ3n) is 3.16. The second-order valence-electron chi connectivity index (χ2n) is 4.66. The van der Waals surface area contributed by atoms with Crippen molar-refractivity contribution in [3.63, 3.8) is 0 Å². The van der Waals surface area contributed by atoms with Crippen molar-refractivity contribution in [1.29, 1.82) is 0 Å². The predicted octanol–water partition coefficient (Wildman–Crippen LogP) is 4.11. The van der Waals surface area contributed by atoms with Gasteiger partial charge in [-0.1, -0.05) is 32.6 Å². The Labute approximate surface area is 117 Å². The fraction of sp³-hybridized carbons (Fsp3) is 0.643. The summed E-state index contributed by atoms with van der Waals surface area (Å²) in [7, 11) is 0. The zero-order valence-electron chi connectivity index (χ0n) is 11.0. The van der Waals surface area contributed by atoms with E-state index in [1.165, 1.54) is 25.7 Å². The molecule has 1 heterocycles. The van der Waals surface area contributed by atoms with E-state index in [9.17, 15) is 4.79 Å². The highest BCUT2D eigenvalue weighted by atomic mass is 127. The van der Waals surface area contributed by atoms with E-state index >= 15 is 0 Å². The zero-order chi connectivity index (χ0) is 12.8. The van der Waals surface area contributed by atoms with Crippen LogP contribution in [0.1, 0.15) is 56.0 Å². The number of aromatic nitrogens is 1. The summed E-state index contributed by atoms with van der Waals surface area (Å²) in [5.41, 5.74) is 3.25. The van der Waals surface area contributed by atoms with Gasteiger partial charge in [0.05, 0.1) is 3.57 Å². The number of aromatic amines is 1. The molecule has 0 amide bonds. The molecule has 0 saturated heterocycles. The first-order chi connectivity index (χ1) is 8.07. The summed E-state index contributed by atoms with van der Waals surface area (Å²) in [5, 5.41) is 0. The third kappa shape index (κ3) is 4.12. The Hall–Kier alpha value is -0.320. The van der Waals surface area contributed by atoms with Crippen molar-refractivity contribution >= 4 is 22.6 Å². The highest BCUT2D eigenvalue weighted by Crippen LogP contribution is 2.12. The number of aryl methyl sites for hydroxylation is 2. The zero-order valence-corrected chi connectivity index (χ0v) is 13.2. The predicted molar refractivity (Wildman–Crippen MR) is 81.7 cm³/mol. The minimum absolute atomic E-state index is 0.231. The van der Waals surface area contributed by atoms with Gasteiger partial charge in [0.25, 0.3) is 0 Å². The number of hydrogen-bond donors (Lipinski definition) is 1. The van der Waals surface area contributed by atoms with E-state index in [2.05, 4.69) is 34.5 Å². The van der Waals surface area contributed by atoms with E-state index in [4.69, 9.17) is 0 Å². The molecule has 3 heteroatoms. The van der Waals surface area contributed by atoms with E-state index in [0.29, 0.717) is 0 Å². The van der Waals surface area contributed by atoms with Crippen molar-refractivity contribution < 1.29 is 0 Å². The quantitative estimate of drug-likeness (QED) is 0.610. The summed E-state index contributed by atoms with van der Waals surface area (Å²) < 4.78 is 0.844. The monoisotopic (exact) mass is 347 g/mol. The Morgan fingerprint density at radius 3 is 2.35 bits per heavy atom. The van der Waals surface area contributed by atoms with Gasteiger partial charge in [-0.05, 0) is 49.3 Å². The number of H-pyrrole nitrogens is 1. The summed E-state index contributed by atoms with van der Waals surface area (Å²) in [6.07, 6.45) is 7.14. The maximum atomic E-state index is 12.1. The molecule has 0 fully saturated rings. The molecule has 0 bridgehead atoms. The number of hydrogen-bond acceptors (Lipinski definition) is 1. The van der Waals surface area contributed by atoms with Crippen LogP contribution in [0.2, 0.25) is 0 Å². The first kappa shape index (κ1) is 14.7. The molecule has 17 heavy (non-hydrogen) atoms. The normalized spacial score (nSPS) is 10.8. The minimum Gasteiger partial charge on any atom is -0.361 e. The molecule has 0 atom stereocenters. The maximum Gasteiger partial charge on any atom is 0.198 e. The Morgan fingerprint density at radius 2 is 1.71 bits per heavy atom. The molecule has 1 rings (SSSR count). The van der Waals surface area contributed by atoms with Crippen molar-refractivity contribution in [2.24, 2.45) is 0 Å². The maximum absolute atomic E-state index is 12.1. The first-order valence-corrected chi connectivity index (χ1v) is 7.53. The van der Waals surface area contributed by atoms with Gasteiger partial charge in [-0.15, -0.1) is 0 Å². The first-order valence-electron chi connectivity index (χ1n) is 6.45. The molecule has 0 spiro atoms. The van der Waals surface area contributed by atoms with Crippen molar-refractivity contribution in [1.82, 2.24) is 4.98 Å². The van der Waals surface area contributed by atoms with Crippen LogP contribution in [0.4, 0.5) is 0 Å². The second kappa shape index (κ2) is 7.19. The summed E-state index contributed by atoms with van der Waals surface area (Å²) in [6, 6.07) is 0. The Bertz CT molecular complexity index is 423. The molecule has 0 aliphatic rings. The van der Waals surface area contributed by atoms with Crippen LogP contribution in [0.3, 0.4) is 0 Å². The van der Waals surface area contributed by atoms with Crippen LogP contribution in [0.25, 0.3) is 0 Å². The van der Waals surface area contributed by atoms with Gasteiger partial charge in [0.2, 0.25) is 0 Å². The van der Waals surface area contributed by atoms with Gasteiger partial charge in [0, 0.05) is 17.0 Å². The van der Waals surface area contributed by atoms with Crippen LogP contribution in [-0.2, 0) is 6.42 Å². The Morgan fingerprint density at radius 1 is 1.06 bits per heavy atom. The summed E-state index contributed by atoms with van der Waals surface area (Å²) >= 11 is 2.14. The standard InChI is InChI=1S/C14H22INO/c1-4-5-6-7-8-9-12-10(2)16-11(3)13(15)14(12)17/h4-9H2,1-3H3,(H,16,17). The molecule has 96 valence electrons. The van der Waals surface area contributed by atoms with Gasteiger partial charge in [-0.25, -0.2) is 0 Å². The summed E-state index contributed by atoms with van der Waals surface area (Å²) in [4.78, 5) is 15.4. The molecule has 0 saturated carbocycles. The highest BCUT2D eigenvalue weighted by molar-refractivity contribution is 14.1. The van der Waals surface area contributed by atoms with E-state index < -0.39 is 0 Å². The van der Waals surface area contributed by atoms with Gasteiger partial charge in [-0.2, -0.15) is 0 Å². The van der Waals surface area contributed by atoms with Crippen LogP contribution < -0.4 is 5.43 Å². The molecular formula is C14H22INO. The topological polar surface area (TPSA) is 32.9 Å². The second-order valence-corrected chi connectivity index (χ2v) is 5.74. The van der Waals surface area contributed by atoms with Crippen LogP contribution in [0.5, 0.6) is 0 Å². The third-order valence-corrected chi connectivity index (χ3v) is 4.46. The molecule has 0 aromatic carbocycles. The smallest absolute Gasteiger partial charge is 0.198 e. The van der Waals surface area contributed by atoms with Crippen LogP contribution in [-0.4, -0.2) is 4.98 Å². The lowest BCUT2D eigenvalue weighted by Gasteiger charge is -2.08. The van der Waals surface area contributed by atoms with Crippen molar-refractivity contribution in [2.45, 2.75) is 59.3 Å². The summed E-state index contributed by atoms with van der Waals surface area (Å²) in [6.45, 7) is 6.18. The largest absolute Gasteiger partial charge is 0.361 e. The molecule has 0 aliphatic heterocycles. The lowest BCUT2D eigenvalue weighted by atomic mass is 10.0. The number of nitrogens with one attached hydrogen (secondary N) is 1. The number of halogens is 1. The molecule has 0 aliphatic carbocycles. The highest BCUT2D eigenvalue weighted by Gasteiger charge is 2.09. The molecule has 1 aromatic heterocycles. The van der Waals surface area contributed by atoms with Crippen LogP contribution in [0.15, 0.2) is 4.79 Å². The average Bonchev–Trinajstić information content (AvgIpc) is 2.30. The SMILES string of the molecule is CCCCCCCc1c(C)[nH]c(C)c(I)c1=O. The lowest BCUT2D eigenvalue weighted by molar-refractivity contribution is 0.629.